The molecule has 1 heterocycles. The van der Waals surface area contributed by atoms with Crippen LogP contribution in [0, 0.1) is 50.7 Å². The second-order valence-electron chi connectivity index (χ2n) is 16.1. The van der Waals surface area contributed by atoms with Crippen LogP contribution in [0.4, 0.5) is 0 Å². The molecule has 0 aromatic heterocycles. The Balaban J connectivity index is 1.35. The summed E-state index contributed by atoms with van der Waals surface area (Å²) in [6.45, 7) is 19.5. The van der Waals surface area contributed by atoms with Gasteiger partial charge in [0, 0.05) is 13.3 Å². The van der Waals surface area contributed by atoms with Gasteiger partial charge in [-0.25, -0.2) is 0 Å². The summed E-state index contributed by atoms with van der Waals surface area (Å²) in [6.07, 6.45) is 7.60. The highest BCUT2D eigenvalue weighted by Crippen LogP contribution is 2.91. The molecule has 11 unspecified atom stereocenters. The van der Waals surface area contributed by atoms with Gasteiger partial charge in [-0.2, -0.15) is 0 Å². The number of esters is 1. The topological polar surface area (TPSA) is 76.0 Å². The lowest BCUT2D eigenvalue weighted by Crippen LogP contribution is -2.57. The summed E-state index contributed by atoms with van der Waals surface area (Å²) in [5.74, 6) is 3.06. The Morgan fingerprint density at radius 3 is 2.29 bits per heavy atom. The minimum absolute atomic E-state index is 0.0104. The first-order chi connectivity index (χ1) is 17.5. The largest absolute Gasteiger partial charge is 0.491 e. The van der Waals surface area contributed by atoms with E-state index in [0.29, 0.717) is 34.5 Å². The van der Waals surface area contributed by atoms with Crippen molar-refractivity contribution in [3.63, 3.8) is 0 Å². The van der Waals surface area contributed by atoms with Crippen LogP contribution in [-0.2, 0) is 14.3 Å². The number of carbonyl (C=O) groups excluding carboxylic acids is 1. The minimum Gasteiger partial charge on any atom is -0.491 e. The number of hydrogen-bond donors (Lipinski definition) is 2. The molecule has 5 aliphatic carbocycles. The minimum atomic E-state index is -1.18. The molecule has 6 aliphatic rings. The van der Waals surface area contributed by atoms with Gasteiger partial charge in [0.15, 0.2) is 6.10 Å². The zero-order chi connectivity index (χ0) is 27.8. The molecule has 2 N–H and O–H groups in total. The Bertz CT molecular complexity index is 1070. The number of fused-ring (bicyclic) bond motifs is 3. The van der Waals surface area contributed by atoms with E-state index < -0.39 is 11.7 Å². The molecule has 4 saturated carbocycles. The predicted octanol–water partition coefficient (Wildman–Crippen LogP) is 6.41. The van der Waals surface area contributed by atoms with E-state index in [4.69, 9.17) is 9.47 Å². The van der Waals surface area contributed by atoms with Crippen molar-refractivity contribution in [2.75, 3.05) is 0 Å². The maximum absolute atomic E-state index is 12.0. The summed E-state index contributed by atoms with van der Waals surface area (Å²) in [5, 5.41) is 21.9. The van der Waals surface area contributed by atoms with Gasteiger partial charge in [0.05, 0.1) is 17.5 Å². The zero-order valence-corrected chi connectivity index (χ0v) is 25.3. The first kappa shape index (κ1) is 27.1. The van der Waals surface area contributed by atoms with Crippen LogP contribution >= 0.6 is 0 Å². The summed E-state index contributed by atoms with van der Waals surface area (Å²) in [6, 6.07) is 0. The summed E-state index contributed by atoms with van der Waals surface area (Å²) in [4.78, 5) is 12.0. The van der Waals surface area contributed by atoms with E-state index in [2.05, 4.69) is 41.5 Å². The van der Waals surface area contributed by atoms with Gasteiger partial charge in [0.2, 0.25) is 0 Å². The van der Waals surface area contributed by atoms with E-state index in [1.807, 2.05) is 0 Å². The zero-order valence-electron chi connectivity index (χ0n) is 25.3. The molecular formula is C33H52O5. The molecule has 0 bridgehead atoms. The quantitative estimate of drug-likeness (QED) is 0.414. The fourth-order valence-electron chi connectivity index (χ4n) is 12.4. The molecule has 5 heteroatoms. The van der Waals surface area contributed by atoms with Crippen molar-refractivity contribution < 1.29 is 24.5 Å². The van der Waals surface area contributed by atoms with Crippen molar-refractivity contribution in [2.45, 2.75) is 138 Å². The van der Waals surface area contributed by atoms with Crippen molar-refractivity contribution in [3.8, 4) is 0 Å². The van der Waals surface area contributed by atoms with Crippen molar-refractivity contribution in [1.29, 1.82) is 0 Å². The van der Waals surface area contributed by atoms with Crippen LogP contribution < -0.4 is 0 Å². The summed E-state index contributed by atoms with van der Waals surface area (Å²) < 4.78 is 12.5. The number of allylic oxidation sites excluding steroid dienone is 2. The summed E-state index contributed by atoms with van der Waals surface area (Å²) in [5.41, 5.74) is 1.32. The number of ether oxygens (including phenoxy) is 2. The lowest BCUT2D eigenvalue weighted by molar-refractivity contribution is -0.178. The van der Waals surface area contributed by atoms with Crippen molar-refractivity contribution >= 4 is 5.97 Å². The van der Waals surface area contributed by atoms with Gasteiger partial charge in [0.1, 0.15) is 6.10 Å². The molecule has 4 fully saturated rings. The number of aliphatic hydroxyl groups excluding tert-OH is 1. The smallest absolute Gasteiger partial charge is 0.303 e. The van der Waals surface area contributed by atoms with E-state index >= 15 is 0 Å². The Hall–Kier alpha value is -1.07. The molecule has 0 aromatic carbocycles. The molecule has 0 aromatic rings. The average molecular weight is 529 g/mol. The van der Waals surface area contributed by atoms with Crippen LogP contribution in [0.3, 0.4) is 0 Å². The molecule has 0 radical (unpaired) electrons. The second kappa shape index (κ2) is 7.81. The molecule has 5 nitrogen and oxygen atoms in total. The molecule has 2 spiro atoms. The Labute approximate surface area is 230 Å². The third-order valence-corrected chi connectivity index (χ3v) is 14.1. The van der Waals surface area contributed by atoms with Crippen LogP contribution in [0.5, 0.6) is 0 Å². The van der Waals surface area contributed by atoms with Crippen LogP contribution in [0.15, 0.2) is 11.3 Å². The average Bonchev–Trinajstić information content (AvgIpc) is 3.22. The maximum Gasteiger partial charge on any atom is 0.303 e. The fourth-order valence-corrected chi connectivity index (χ4v) is 12.4. The summed E-state index contributed by atoms with van der Waals surface area (Å²) in [7, 11) is 0. The molecule has 0 amide bonds. The van der Waals surface area contributed by atoms with Gasteiger partial charge >= 0.3 is 5.97 Å². The van der Waals surface area contributed by atoms with Crippen LogP contribution in [0.25, 0.3) is 0 Å². The third-order valence-electron chi connectivity index (χ3n) is 14.1. The number of aliphatic hydroxyl groups is 2. The lowest BCUT2D eigenvalue weighted by Gasteiger charge is -2.62. The van der Waals surface area contributed by atoms with E-state index in [-0.39, 0.29) is 34.4 Å². The standard InChI is InChI=1S/C33H52O5/c1-18-16-21(27(29(6,7)36)37-20(3)34)38-22-17-31(9)24-11-10-23-28(4,5)25(35)12-13-32(23)19(2)33(24,32)15-14-30(31,8)26(18)22/h18-19,21,23-25,27,35-36H,10-17H2,1-9H3. The van der Waals surface area contributed by atoms with E-state index in [1.54, 1.807) is 13.8 Å². The monoisotopic (exact) mass is 528 g/mol. The SMILES string of the molecule is CC(=O)OC(C1CC(C)C2=C(CC3(C)C4CCC5C(C)(C)C(O)CCC56C(C)C46CCC23C)O1)C(C)(C)O. The maximum atomic E-state index is 12.0. The van der Waals surface area contributed by atoms with Gasteiger partial charge in [-0.15, -0.1) is 0 Å². The Morgan fingerprint density at radius 1 is 1.03 bits per heavy atom. The highest BCUT2D eigenvalue weighted by Gasteiger charge is 2.86. The first-order valence-corrected chi connectivity index (χ1v) is 15.5. The van der Waals surface area contributed by atoms with E-state index in [0.717, 1.165) is 25.0 Å². The highest BCUT2D eigenvalue weighted by molar-refractivity contribution is 5.66. The predicted molar refractivity (Wildman–Crippen MR) is 147 cm³/mol. The molecule has 214 valence electrons. The molecule has 11 atom stereocenters. The molecule has 6 rings (SSSR count). The fraction of sp³-hybridized carbons (Fsp3) is 0.909. The van der Waals surface area contributed by atoms with Gasteiger partial charge in [-0.3, -0.25) is 4.79 Å². The lowest BCUT2D eigenvalue weighted by atomic mass is 9.41. The van der Waals surface area contributed by atoms with Crippen LogP contribution in [0.1, 0.15) is 114 Å². The number of rotatable bonds is 3. The van der Waals surface area contributed by atoms with Crippen molar-refractivity contribution in [3.05, 3.63) is 11.3 Å². The molecule has 1 aliphatic heterocycles. The van der Waals surface area contributed by atoms with E-state index in [1.165, 1.54) is 44.6 Å². The third kappa shape index (κ3) is 2.99. The van der Waals surface area contributed by atoms with Crippen molar-refractivity contribution in [1.82, 2.24) is 0 Å². The Morgan fingerprint density at radius 2 is 1.66 bits per heavy atom. The number of hydrogen-bond acceptors (Lipinski definition) is 5. The van der Waals surface area contributed by atoms with Gasteiger partial charge in [-0.05, 0) is 115 Å². The first-order valence-electron chi connectivity index (χ1n) is 15.5. The van der Waals surface area contributed by atoms with Gasteiger partial charge in [-0.1, -0.05) is 41.5 Å². The number of carbonyl (C=O) groups is 1. The Kier molecular flexibility index (Phi) is 5.57. The van der Waals surface area contributed by atoms with Gasteiger partial charge < -0.3 is 19.7 Å². The molecule has 38 heavy (non-hydrogen) atoms. The molecular weight excluding hydrogens is 476 g/mol. The van der Waals surface area contributed by atoms with Gasteiger partial charge in [0.25, 0.3) is 0 Å². The van der Waals surface area contributed by atoms with Crippen LogP contribution in [-0.4, -0.2) is 40.1 Å². The molecule has 0 saturated heterocycles. The highest BCUT2D eigenvalue weighted by atomic mass is 16.6. The van der Waals surface area contributed by atoms with Crippen LogP contribution in [0.2, 0.25) is 0 Å². The summed E-state index contributed by atoms with van der Waals surface area (Å²) >= 11 is 0. The normalized spacial score (nSPS) is 51.4. The second-order valence-corrected chi connectivity index (χ2v) is 16.1. The van der Waals surface area contributed by atoms with E-state index in [9.17, 15) is 15.0 Å². The van der Waals surface area contributed by atoms with Crippen molar-refractivity contribution in [2.24, 2.45) is 50.7 Å².